The van der Waals surface area contributed by atoms with Crippen molar-refractivity contribution in [2.24, 2.45) is 0 Å². The first kappa shape index (κ1) is 13.3. The third-order valence-corrected chi connectivity index (χ3v) is 2.98. The molecule has 0 spiro atoms. The first-order valence-corrected chi connectivity index (χ1v) is 6.08. The van der Waals surface area contributed by atoms with Crippen molar-refractivity contribution in [2.45, 2.75) is 64.0 Å². The molecule has 0 aromatic heterocycles. The van der Waals surface area contributed by atoms with Crippen molar-refractivity contribution in [1.29, 1.82) is 0 Å². The van der Waals surface area contributed by atoms with E-state index < -0.39 is 5.54 Å². The molecule has 0 heterocycles. The van der Waals surface area contributed by atoms with Crippen LogP contribution in [-0.2, 0) is 0 Å². The minimum Gasteiger partial charge on any atom is -0.394 e. The second kappa shape index (κ2) is 5.04. The van der Waals surface area contributed by atoms with Crippen LogP contribution in [0.4, 0.5) is 4.79 Å². The van der Waals surface area contributed by atoms with Gasteiger partial charge in [-0.05, 0) is 33.6 Å². The molecule has 1 rings (SSSR count). The Bertz CT molecular complexity index is 240. The van der Waals surface area contributed by atoms with E-state index in [4.69, 9.17) is 0 Å². The van der Waals surface area contributed by atoms with E-state index in [1.54, 1.807) is 0 Å². The maximum Gasteiger partial charge on any atom is 0.315 e. The maximum atomic E-state index is 11.8. The van der Waals surface area contributed by atoms with E-state index in [0.29, 0.717) is 0 Å². The van der Waals surface area contributed by atoms with Crippen LogP contribution in [0.2, 0.25) is 0 Å². The summed E-state index contributed by atoms with van der Waals surface area (Å²) in [5, 5.41) is 15.2. The van der Waals surface area contributed by atoms with Crippen LogP contribution in [0.1, 0.15) is 52.9 Å². The van der Waals surface area contributed by atoms with Crippen molar-refractivity contribution < 1.29 is 9.90 Å². The predicted octanol–water partition coefficient (Wildman–Crippen LogP) is 1.78. The Kier molecular flexibility index (Phi) is 4.19. The molecule has 0 saturated heterocycles. The SMILES string of the molecule is CC(C)(C)NC(=O)NC1(CO)CCCCC1. The fraction of sp³-hybridized carbons (Fsp3) is 0.917. The number of carbonyl (C=O) groups excluding carboxylic acids is 1. The third kappa shape index (κ3) is 4.00. The molecule has 4 heteroatoms. The molecule has 1 fully saturated rings. The molecule has 0 aromatic carbocycles. The van der Waals surface area contributed by atoms with Crippen molar-refractivity contribution in [3.05, 3.63) is 0 Å². The molecule has 0 atom stereocenters. The lowest BCUT2D eigenvalue weighted by Crippen LogP contribution is -2.58. The van der Waals surface area contributed by atoms with Crippen molar-refractivity contribution >= 4 is 6.03 Å². The molecule has 1 aliphatic carbocycles. The van der Waals surface area contributed by atoms with Gasteiger partial charge >= 0.3 is 6.03 Å². The van der Waals surface area contributed by atoms with Crippen LogP contribution in [0, 0.1) is 0 Å². The van der Waals surface area contributed by atoms with Gasteiger partial charge in [0.15, 0.2) is 0 Å². The van der Waals surface area contributed by atoms with Crippen LogP contribution in [0.3, 0.4) is 0 Å². The van der Waals surface area contributed by atoms with Crippen LogP contribution in [0.15, 0.2) is 0 Å². The summed E-state index contributed by atoms with van der Waals surface area (Å²) < 4.78 is 0. The number of aliphatic hydroxyl groups excluding tert-OH is 1. The summed E-state index contributed by atoms with van der Waals surface area (Å²) in [4.78, 5) is 11.8. The maximum absolute atomic E-state index is 11.8. The summed E-state index contributed by atoms with van der Waals surface area (Å²) in [6.45, 7) is 5.86. The van der Waals surface area contributed by atoms with Gasteiger partial charge in [0, 0.05) is 5.54 Å². The molecule has 1 aliphatic rings. The van der Waals surface area contributed by atoms with Gasteiger partial charge in [-0.15, -0.1) is 0 Å². The molecule has 4 nitrogen and oxygen atoms in total. The largest absolute Gasteiger partial charge is 0.394 e. The van der Waals surface area contributed by atoms with E-state index in [0.717, 1.165) is 25.7 Å². The molecule has 0 aromatic rings. The zero-order chi connectivity index (χ0) is 12.2. The van der Waals surface area contributed by atoms with Gasteiger partial charge in [0.05, 0.1) is 12.1 Å². The highest BCUT2D eigenvalue weighted by molar-refractivity contribution is 5.75. The quantitative estimate of drug-likeness (QED) is 0.674. The number of amides is 2. The van der Waals surface area contributed by atoms with Crippen molar-refractivity contribution in [1.82, 2.24) is 10.6 Å². The van der Waals surface area contributed by atoms with Gasteiger partial charge in [-0.25, -0.2) is 4.79 Å². The summed E-state index contributed by atoms with van der Waals surface area (Å²) in [7, 11) is 0. The van der Waals surface area contributed by atoms with Crippen molar-refractivity contribution in [3.63, 3.8) is 0 Å². The molecule has 1 saturated carbocycles. The molecule has 0 bridgehead atoms. The Hall–Kier alpha value is -0.770. The normalized spacial score (nSPS) is 20.2. The number of hydrogen-bond donors (Lipinski definition) is 3. The molecular weight excluding hydrogens is 204 g/mol. The van der Waals surface area contributed by atoms with Gasteiger partial charge < -0.3 is 15.7 Å². The van der Waals surface area contributed by atoms with E-state index in [2.05, 4.69) is 10.6 Å². The Morgan fingerprint density at radius 3 is 2.25 bits per heavy atom. The lowest BCUT2D eigenvalue weighted by atomic mass is 9.82. The van der Waals surface area contributed by atoms with Crippen LogP contribution in [0.25, 0.3) is 0 Å². The molecule has 94 valence electrons. The molecule has 0 unspecified atom stereocenters. The fourth-order valence-electron chi connectivity index (χ4n) is 2.16. The highest BCUT2D eigenvalue weighted by atomic mass is 16.3. The lowest BCUT2D eigenvalue weighted by Gasteiger charge is -2.37. The molecule has 2 amide bonds. The van der Waals surface area contributed by atoms with E-state index in [1.807, 2.05) is 20.8 Å². The Balaban J connectivity index is 2.52. The van der Waals surface area contributed by atoms with Gasteiger partial charge in [0.2, 0.25) is 0 Å². The second-order valence-electron chi connectivity index (χ2n) is 5.83. The zero-order valence-corrected chi connectivity index (χ0v) is 10.6. The second-order valence-corrected chi connectivity index (χ2v) is 5.83. The van der Waals surface area contributed by atoms with E-state index in [1.165, 1.54) is 6.42 Å². The minimum atomic E-state index is -0.395. The van der Waals surface area contributed by atoms with Gasteiger partial charge in [0.25, 0.3) is 0 Å². The Labute approximate surface area is 97.8 Å². The van der Waals surface area contributed by atoms with Crippen LogP contribution in [0.5, 0.6) is 0 Å². The number of hydrogen-bond acceptors (Lipinski definition) is 2. The van der Waals surface area contributed by atoms with Gasteiger partial charge in [-0.1, -0.05) is 19.3 Å². The van der Waals surface area contributed by atoms with Gasteiger partial charge in [-0.3, -0.25) is 0 Å². The van der Waals surface area contributed by atoms with E-state index in [-0.39, 0.29) is 18.2 Å². The lowest BCUT2D eigenvalue weighted by molar-refractivity contribution is 0.123. The smallest absolute Gasteiger partial charge is 0.315 e. The number of urea groups is 1. The van der Waals surface area contributed by atoms with Crippen molar-refractivity contribution in [3.8, 4) is 0 Å². The summed E-state index contributed by atoms with van der Waals surface area (Å²) in [5.74, 6) is 0. The fourth-order valence-corrected chi connectivity index (χ4v) is 2.16. The molecule has 16 heavy (non-hydrogen) atoms. The summed E-state index contributed by atoms with van der Waals surface area (Å²) in [5.41, 5.74) is -0.636. The number of nitrogens with one attached hydrogen (secondary N) is 2. The highest BCUT2D eigenvalue weighted by Crippen LogP contribution is 2.27. The minimum absolute atomic E-state index is 0.0323. The van der Waals surface area contributed by atoms with Crippen molar-refractivity contribution in [2.75, 3.05) is 6.61 Å². The Morgan fingerprint density at radius 2 is 1.81 bits per heavy atom. The van der Waals surface area contributed by atoms with E-state index in [9.17, 15) is 9.90 Å². The highest BCUT2D eigenvalue weighted by Gasteiger charge is 2.33. The molecule has 3 N–H and O–H groups in total. The third-order valence-electron chi connectivity index (χ3n) is 2.98. The van der Waals surface area contributed by atoms with Gasteiger partial charge in [0.1, 0.15) is 0 Å². The first-order valence-electron chi connectivity index (χ1n) is 6.08. The summed E-state index contributed by atoms with van der Waals surface area (Å²) >= 11 is 0. The first-order chi connectivity index (χ1) is 7.37. The summed E-state index contributed by atoms with van der Waals surface area (Å²) in [6, 6.07) is -0.177. The molecular formula is C12H24N2O2. The zero-order valence-electron chi connectivity index (χ0n) is 10.6. The standard InChI is InChI=1S/C12H24N2O2/c1-11(2,3)13-10(16)14-12(9-15)7-5-4-6-8-12/h15H,4-9H2,1-3H3,(H2,13,14,16). The molecule has 0 aliphatic heterocycles. The molecule has 0 radical (unpaired) electrons. The number of rotatable bonds is 2. The van der Waals surface area contributed by atoms with Crippen LogP contribution >= 0.6 is 0 Å². The monoisotopic (exact) mass is 228 g/mol. The predicted molar refractivity (Wildman–Crippen MR) is 64.3 cm³/mol. The van der Waals surface area contributed by atoms with Crippen LogP contribution in [-0.4, -0.2) is 28.8 Å². The summed E-state index contributed by atoms with van der Waals surface area (Å²) in [6.07, 6.45) is 5.11. The van der Waals surface area contributed by atoms with Gasteiger partial charge in [-0.2, -0.15) is 0 Å². The average Bonchev–Trinajstić information content (AvgIpc) is 2.16. The topological polar surface area (TPSA) is 61.4 Å². The number of aliphatic hydroxyl groups is 1. The van der Waals surface area contributed by atoms with Crippen LogP contribution < -0.4 is 10.6 Å². The van der Waals surface area contributed by atoms with E-state index >= 15 is 0 Å². The number of carbonyl (C=O) groups is 1. The average molecular weight is 228 g/mol. The Morgan fingerprint density at radius 1 is 1.25 bits per heavy atom.